The van der Waals surface area contributed by atoms with E-state index in [9.17, 15) is 0 Å². The van der Waals surface area contributed by atoms with Gasteiger partial charge in [-0.2, -0.15) is 5.10 Å². The molecule has 1 aliphatic carbocycles. The molecular formula is C24H23N3O4. The van der Waals surface area contributed by atoms with Crippen molar-refractivity contribution < 1.29 is 18.7 Å². The van der Waals surface area contributed by atoms with Crippen LogP contribution in [0.2, 0.25) is 0 Å². The lowest BCUT2D eigenvalue weighted by Gasteiger charge is -2.14. The van der Waals surface area contributed by atoms with Crippen LogP contribution in [0.1, 0.15) is 16.8 Å². The van der Waals surface area contributed by atoms with Crippen LogP contribution >= 0.6 is 0 Å². The molecule has 5 rings (SSSR count). The Kier molecular flexibility index (Phi) is 4.86. The molecule has 1 aliphatic rings. The van der Waals surface area contributed by atoms with Gasteiger partial charge in [-0.1, -0.05) is 17.3 Å². The van der Waals surface area contributed by atoms with E-state index in [1.54, 1.807) is 27.5 Å². The highest BCUT2D eigenvalue weighted by molar-refractivity contribution is 5.84. The van der Waals surface area contributed by atoms with Crippen LogP contribution in [0, 0.1) is 0 Å². The summed E-state index contributed by atoms with van der Waals surface area (Å²) < 4.78 is 24.0. The van der Waals surface area contributed by atoms with Crippen molar-refractivity contribution >= 4 is 0 Å². The van der Waals surface area contributed by atoms with E-state index >= 15 is 0 Å². The fourth-order valence-corrected chi connectivity index (χ4v) is 4.12. The normalized spacial score (nSPS) is 12.2. The van der Waals surface area contributed by atoms with Gasteiger partial charge in [0.2, 0.25) is 0 Å². The number of aryl methyl sites for hydroxylation is 2. The maximum absolute atomic E-state index is 5.66. The molecule has 0 bridgehead atoms. The topological polar surface area (TPSA) is 71.5 Å². The van der Waals surface area contributed by atoms with Gasteiger partial charge in [0.05, 0.1) is 51.0 Å². The van der Waals surface area contributed by atoms with Crippen LogP contribution in [0.5, 0.6) is 17.2 Å². The van der Waals surface area contributed by atoms with E-state index in [0.29, 0.717) is 18.0 Å². The van der Waals surface area contributed by atoms with Crippen LogP contribution in [0.3, 0.4) is 0 Å². The zero-order chi connectivity index (χ0) is 21.4. The minimum absolute atomic E-state index is 0.615. The molecule has 0 aliphatic heterocycles. The average Bonchev–Trinajstić information content (AvgIpc) is 3.43. The van der Waals surface area contributed by atoms with E-state index in [1.165, 1.54) is 0 Å². The highest BCUT2D eigenvalue weighted by Crippen LogP contribution is 2.42. The Morgan fingerprint density at radius 1 is 0.935 bits per heavy atom. The van der Waals surface area contributed by atoms with Crippen LogP contribution < -0.4 is 14.2 Å². The number of benzene rings is 2. The molecule has 0 amide bonds. The summed E-state index contributed by atoms with van der Waals surface area (Å²) in [5.41, 5.74) is 6.20. The van der Waals surface area contributed by atoms with Crippen LogP contribution in [-0.2, 0) is 19.4 Å². The summed E-state index contributed by atoms with van der Waals surface area (Å²) in [5, 5.41) is 9.01. The Morgan fingerprint density at radius 3 is 2.48 bits per heavy atom. The number of hydrogen-bond acceptors (Lipinski definition) is 6. The van der Waals surface area contributed by atoms with Crippen molar-refractivity contribution in [3.05, 3.63) is 65.5 Å². The molecule has 0 saturated carbocycles. The first-order chi connectivity index (χ1) is 15.2. The summed E-state index contributed by atoms with van der Waals surface area (Å²) in [6.45, 7) is 0.615. The van der Waals surface area contributed by atoms with E-state index in [2.05, 4.69) is 17.3 Å². The van der Waals surface area contributed by atoms with Gasteiger partial charge in [-0.05, 0) is 48.7 Å². The molecule has 158 valence electrons. The van der Waals surface area contributed by atoms with Crippen LogP contribution in [0.15, 0.2) is 53.2 Å². The molecule has 0 N–H and O–H groups in total. The third kappa shape index (κ3) is 3.32. The van der Waals surface area contributed by atoms with Gasteiger partial charge < -0.3 is 18.7 Å². The molecule has 31 heavy (non-hydrogen) atoms. The van der Waals surface area contributed by atoms with Crippen molar-refractivity contribution in [2.24, 2.45) is 0 Å². The number of rotatable bonds is 6. The lowest BCUT2D eigenvalue weighted by Crippen LogP contribution is -2.05. The summed E-state index contributed by atoms with van der Waals surface area (Å²) in [7, 11) is 4.94. The number of hydrogen-bond donors (Lipinski definition) is 0. The van der Waals surface area contributed by atoms with E-state index in [0.717, 1.165) is 58.0 Å². The third-order valence-corrected chi connectivity index (χ3v) is 5.68. The Balaban J connectivity index is 1.67. The monoisotopic (exact) mass is 417 g/mol. The maximum atomic E-state index is 5.66. The smallest absolute Gasteiger partial charge is 0.174 e. The highest BCUT2D eigenvalue weighted by atomic mass is 16.5. The van der Waals surface area contributed by atoms with Gasteiger partial charge in [0.15, 0.2) is 17.3 Å². The van der Waals surface area contributed by atoms with Crippen molar-refractivity contribution in [1.29, 1.82) is 0 Å². The van der Waals surface area contributed by atoms with Gasteiger partial charge in [-0.25, -0.2) is 0 Å². The first-order valence-corrected chi connectivity index (χ1v) is 10.1. The summed E-state index contributed by atoms with van der Waals surface area (Å²) in [6, 6.07) is 13.9. The highest BCUT2D eigenvalue weighted by Gasteiger charge is 2.29. The molecule has 2 aromatic carbocycles. The number of fused-ring (bicyclic) bond motifs is 3. The maximum Gasteiger partial charge on any atom is 0.174 e. The standard InChI is InChI=1S/C24H23N3O4/c1-28-18-8-4-15(5-9-18)14-27-23(16-7-11-20(29-2)21(12-16)30-3)22-19(26-27)10-6-17-13-25-31-24(17)22/h4-5,7-9,11-13H,6,10,14H2,1-3H3. The average molecular weight is 417 g/mol. The second kappa shape index (κ2) is 7.83. The Morgan fingerprint density at radius 2 is 1.74 bits per heavy atom. The van der Waals surface area contributed by atoms with Crippen LogP contribution in [-0.4, -0.2) is 36.3 Å². The van der Waals surface area contributed by atoms with Crippen LogP contribution in [0.4, 0.5) is 0 Å². The van der Waals surface area contributed by atoms with E-state index in [1.807, 2.05) is 35.0 Å². The number of nitrogens with zero attached hydrogens (tertiary/aromatic N) is 3. The zero-order valence-corrected chi connectivity index (χ0v) is 17.7. The second-order valence-corrected chi connectivity index (χ2v) is 7.43. The molecule has 0 unspecified atom stereocenters. The minimum atomic E-state index is 0.615. The van der Waals surface area contributed by atoms with E-state index in [4.69, 9.17) is 23.8 Å². The first-order valence-electron chi connectivity index (χ1n) is 10.1. The van der Waals surface area contributed by atoms with Crippen molar-refractivity contribution in [2.75, 3.05) is 21.3 Å². The predicted octanol–water partition coefficient (Wildman–Crippen LogP) is 4.38. The Bertz CT molecular complexity index is 1220. The van der Waals surface area contributed by atoms with Crippen molar-refractivity contribution in [1.82, 2.24) is 14.9 Å². The molecule has 7 heteroatoms. The molecular weight excluding hydrogens is 394 g/mol. The lowest BCUT2D eigenvalue weighted by atomic mass is 9.92. The molecule has 0 saturated heterocycles. The predicted molar refractivity (Wildman–Crippen MR) is 116 cm³/mol. The summed E-state index contributed by atoms with van der Waals surface area (Å²) in [4.78, 5) is 0. The molecule has 0 spiro atoms. The Hall–Kier alpha value is -3.74. The summed E-state index contributed by atoms with van der Waals surface area (Å²) >= 11 is 0. The number of methoxy groups -OCH3 is 3. The molecule has 0 atom stereocenters. The SMILES string of the molecule is COc1ccc(Cn2nc3c(c2-c2ccc(OC)c(OC)c2)-c2oncc2CC3)cc1. The summed E-state index contributed by atoms with van der Waals surface area (Å²) in [6.07, 6.45) is 3.52. The zero-order valence-electron chi connectivity index (χ0n) is 17.7. The lowest BCUT2D eigenvalue weighted by molar-refractivity contribution is 0.355. The number of ether oxygens (including phenoxy) is 3. The molecule has 0 fully saturated rings. The van der Waals surface area contributed by atoms with Crippen molar-refractivity contribution in [3.8, 4) is 39.8 Å². The van der Waals surface area contributed by atoms with Crippen molar-refractivity contribution in [2.45, 2.75) is 19.4 Å². The molecule has 2 heterocycles. The largest absolute Gasteiger partial charge is 0.497 e. The third-order valence-electron chi connectivity index (χ3n) is 5.68. The van der Waals surface area contributed by atoms with Gasteiger partial charge in [-0.15, -0.1) is 0 Å². The Labute approximate surface area is 180 Å². The van der Waals surface area contributed by atoms with Gasteiger partial charge in [0.1, 0.15) is 5.75 Å². The van der Waals surface area contributed by atoms with Crippen LogP contribution in [0.25, 0.3) is 22.6 Å². The van der Waals surface area contributed by atoms with E-state index < -0.39 is 0 Å². The molecule has 7 nitrogen and oxygen atoms in total. The quantitative estimate of drug-likeness (QED) is 0.464. The summed E-state index contributed by atoms with van der Waals surface area (Å²) in [5.74, 6) is 2.98. The minimum Gasteiger partial charge on any atom is -0.497 e. The van der Waals surface area contributed by atoms with Gasteiger partial charge in [0.25, 0.3) is 0 Å². The number of aromatic nitrogens is 3. The fraction of sp³-hybridized carbons (Fsp3) is 0.250. The van der Waals surface area contributed by atoms with Gasteiger partial charge >= 0.3 is 0 Å². The first kappa shape index (κ1) is 19.2. The van der Waals surface area contributed by atoms with Gasteiger partial charge in [-0.3, -0.25) is 4.68 Å². The van der Waals surface area contributed by atoms with Crippen molar-refractivity contribution in [3.63, 3.8) is 0 Å². The molecule has 2 aromatic heterocycles. The fourth-order valence-electron chi connectivity index (χ4n) is 4.12. The van der Waals surface area contributed by atoms with Gasteiger partial charge in [0, 0.05) is 11.1 Å². The second-order valence-electron chi connectivity index (χ2n) is 7.43. The van der Waals surface area contributed by atoms with E-state index in [-0.39, 0.29) is 0 Å². The molecule has 0 radical (unpaired) electrons. The molecule has 4 aromatic rings.